The molecule has 0 saturated heterocycles. The van der Waals surface area contributed by atoms with Crippen LogP contribution in [0.3, 0.4) is 0 Å². The van der Waals surface area contributed by atoms with Crippen LogP contribution in [0.2, 0.25) is 0 Å². The van der Waals surface area contributed by atoms with E-state index in [1.54, 1.807) is 54.6 Å². The van der Waals surface area contributed by atoms with Crippen molar-refractivity contribution in [2.75, 3.05) is 13.1 Å². The van der Waals surface area contributed by atoms with Crippen LogP contribution in [0.5, 0.6) is 57.5 Å². The second-order valence-electron chi connectivity index (χ2n) is 28.4. The van der Waals surface area contributed by atoms with Gasteiger partial charge in [-0.25, -0.2) is 5.57 Å². The third-order valence-electron chi connectivity index (χ3n) is 21.5. The smallest absolute Gasteiger partial charge is 0.132 e. The van der Waals surface area contributed by atoms with E-state index in [0.29, 0.717) is 66.1 Å². The normalized spacial score (nSPS) is 20.0. The number of ketones is 1. The van der Waals surface area contributed by atoms with Gasteiger partial charge in [-0.05, 0) is 252 Å². The molecule has 22 heteroatoms. The molecular formula is C88H124I2N3O13Y4-3. The summed E-state index contributed by atoms with van der Waals surface area (Å²) in [4.78, 5) is 31.7. The Balaban J connectivity index is -0.000000602. The second kappa shape index (κ2) is 60.6. The molecule has 6 aromatic rings. The second-order valence-corrected chi connectivity index (χ2v) is 28.4. The summed E-state index contributed by atoms with van der Waals surface area (Å²) in [7, 11) is 0. The number of nitriles is 1. The molecule has 12 rings (SSSR count). The van der Waals surface area contributed by atoms with Crippen molar-refractivity contribution in [2.24, 2.45) is 23.5 Å². The molecule has 0 atom stereocenters. The maximum absolute atomic E-state index is 11.2. The van der Waals surface area contributed by atoms with Crippen LogP contribution in [0.15, 0.2) is 132 Å². The molecular weight excluding hydrogens is 1920 g/mol. The predicted octanol–water partition coefficient (Wildman–Crippen LogP) is 22.7. The number of aryl methyl sites for hydroxylation is 2. The predicted molar refractivity (Wildman–Crippen MR) is 451 cm³/mol. The van der Waals surface area contributed by atoms with E-state index in [-0.39, 0.29) is 266 Å². The monoisotopic (exact) mass is 2040 g/mol. The zero-order chi connectivity index (χ0) is 72.1. The van der Waals surface area contributed by atoms with Gasteiger partial charge in [-0.1, -0.05) is 140 Å². The van der Waals surface area contributed by atoms with Crippen LogP contribution >= 0.6 is 48.0 Å². The van der Waals surface area contributed by atoms with Crippen LogP contribution < -0.4 is 5.73 Å². The first-order chi connectivity index (χ1) is 48.2. The van der Waals surface area contributed by atoms with Gasteiger partial charge >= 0.3 is 0 Å². The zero-order valence-electron chi connectivity index (χ0n) is 61.6. The van der Waals surface area contributed by atoms with Gasteiger partial charge in [0.2, 0.25) is 0 Å². The molecule has 6 fully saturated rings. The Morgan fingerprint density at radius 2 is 0.709 bits per heavy atom. The van der Waals surface area contributed by atoms with Crippen molar-refractivity contribution >= 4 is 66.3 Å². The molecule has 13 N–H and O–H groups in total. The number of phenols is 10. The first kappa shape index (κ1) is 113. The van der Waals surface area contributed by atoms with Crippen LogP contribution in [0.25, 0.3) is 5.73 Å². The number of phenolic OH excluding ortho intramolecular Hbond substituents is 10. The summed E-state index contributed by atoms with van der Waals surface area (Å²) < 4.78 is 0. The Bertz CT molecular complexity index is 3620. The minimum Gasteiger partial charge on any atom is -0.677 e. The molecule has 0 bridgehead atoms. The van der Waals surface area contributed by atoms with Gasteiger partial charge in [0.1, 0.15) is 63.3 Å². The SMILES string of the molecule is C.C.C.C.Cc1ccc(C2CCC(=O)CC2)c(C)c1.I.I.N#CC=C1CCC(c2ccc(O)cc2O)CC1.NCCC1CCC(c2ccc(O)cc2O)CC1.O=[C-]C=C1CCC(c2ccc(O)cc2O)CC1.O=[C-]CC1CCC(c2ccc(O)cc2O)CC1.[NH-]CCC1CCC(c2ccc(O)cc2O)CC1.[Y].[Y].[Y].[Y]. The Labute approximate surface area is 793 Å². The number of aromatic hydroxyl groups is 10. The van der Waals surface area contributed by atoms with E-state index >= 15 is 0 Å². The fourth-order valence-electron chi connectivity index (χ4n) is 15.7. The van der Waals surface area contributed by atoms with E-state index in [2.05, 4.69) is 38.1 Å². The molecule has 6 saturated carbocycles. The minimum atomic E-state index is 0. The standard InChI is InChI=1S/C14H21NO2.C14H20NO2.C14H15NO2.C14H17O3.C14H15O3.C14H18O.4CH4.2HI.4Y/c5*15-8-7-10-1-3-11(4-2-10)13-6-5-12(16)9-14(13)17;1-10-3-8-14(11(2)9-10)12-4-6-13(15)7-5-12;;;;;;;;;;/h5-6,9-11,16-17H,1-4,7-8,15H2;5-6,9-11,15-17H,1-4,7-8H2;5-7,9,11,16-17H,1-4H2;5-6,9-11,16-17H,1-4,7H2;5-7,9,11,16-17H,1-4H2;3,8-9,12H,4-7H2,1-2H3;4*1H4;2*1H;;;;/q;-1;;2*-1;;;;;;;;;;;. The minimum absolute atomic E-state index is 0. The summed E-state index contributed by atoms with van der Waals surface area (Å²) in [6.07, 6.45) is 33.7. The van der Waals surface area contributed by atoms with Gasteiger partial charge in [0, 0.05) is 180 Å². The van der Waals surface area contributed by atoms with Crippen molar-refractivity contribution in [1.29, 1.82) is 5.26 Å². The summed E-state index contributed by atoms with van der Waals surface area (Å²) in [6, 6.07) is 32.9. The summed E-state index contributed by atoms with van der Waals surface area (Å²) in [6.45, 7) is 5.61. The molecule has 110 heavy (non-hydrogen) atoms. The number of hydrogen-bond acceptors (Lipinski definition) is 15. The number of allylic oxidation sites excluding steroid dienone is 4. The Morgan fingerprint density at radius 1 is 0.418 bits per heavy atom. The Kier molecular flexibility index (Phi) is 62.5. The van der Waals surface area contributed by atoms with Crippen molar-refractivity contribution in [2.45, 2.75) is 252 Å². The Morgan fingerprint density at radius 3 is 1.00 bits per heavy atom. The molecule has 4 radical (unpaired) electrons. The van der Waals surface area contributed by atoms with E-state index in [4.69, 9.17) is 16.7 Å². The number of carbonyl (C=O) groups is 1. The maximum atomic E-state index is 11.2. The fraction of sp³-hybridized carbons (Fsp3) is 0.500. The number of rotatable bonds is 13. The number of carbonyl (C=O) groups excluding carboxylic acids is 3. The van der Waals surface area contributed by atoms with Crippen LogP contribution in [0.1, 0.15) is 283 Å². The molecule has 6 aliphatic rings. The molecule has 0 heterocycles. The van der Waals surface area contributed by atoms with Gasteiger partial charge in [-0.2, -0.15) is 17.9 Å². The number of nitrogens with zero attached hydrogens (tertiary/aromatic N) is 1. The zero-order valence-corrected chi connectivity index (χ0v) is 77.6. The van der Waals surface area contributed by atoms with E-state index in [1.165, 1.54) is 71.5 Å². The van der Waals surface area contributed by atoms with Crippen molar-refractivity contribution in [3.05, 3.63) is 183 Å². The third kappa shape index (κ3) is 37.6. The van der Waals surface area contributed by atoms with Crippen molar-refractivity contribution in [3.8, 4) is 63.6 Å². The molecule has 0 aromatic heterocycles. The van der Waals surface area contributed by atoms with Crippen LogP contribution in [0.4, 0.5) is 0 Å². The number of hydrogen-bond donors (Lipinski definition) is 11. The molecule has 0 spiro atoms. The first-order valence-electron chi connectivity index (χ1n) is 36.2. The van der Waals surface area contributed by atoms with Gasteiger partial charge in [0.15, 0.2) is 0 Å². The average Bonchev–Trinajstić information content (AvgIpc) is 0.873. The number of nitrogens with one attached hydrogen (secondary N) is 1. The van der Waals surface area contributed by atoms with E-state index < -0.39 is 0 Å². The fourth-order valence-corrected chi connectivity index (χ4v) is 15.7. The molecule has 6 aromatic carbocycles. The molecule has 0 aliphatic heterocycles. The quantitative estimate of drug-likeness (QED) is 0.0222. The van der Waals surface area contributed by atoms with Crippen molar-refractivity contribution in [1.82, 2.24) is 0 Å². The van der Waals surface area contributed by atoms with E-state index in [1.807, 2.05) is 24.7 Å². The molecule has 6 aliphatic carbocycles. The molecule has 0 unspecified atom stereocenters. The summed E-state index contributed by atoms with van der Waals surface area (Å²) in [5, 5.41) is 104. The van der Waals surface area contributed by atoms with Crippen LogP contribution in [-0.4, -0.2) is 82.5 Å². The summed E-state index contributed by atoms with van der Waals surface area (Å²) in [5.74, 6) is 6.26. The van der Waals surface area contributed by atoms with Crippen molar-refractivity contribution in [3.63, 3.8) is 0 Å². The topological polar surface area (TPSA) is 327 Å². The molecule has 598 valence electrons. The van der Waals surface area contributed by atoms with Gasteiger partial charge < -0.3 is 72.1 Å². The van der Waals surface area contributed by atoms with Gasteiger partial charge in [-0.15, -0.1) is 54.4 Å². The average molecular weight is 2040 g/mol. The van der Waals surface area contributed by atoms with Gasteiger partial charge in [-0.3, -0.25) is 11.1 Å². The number of benzene rings is 6. The van der Waals surface area contributed by atoms with Crippen molar-refractivity contribution < 1.29 is 196 Å². The summed E-state index contributed by atoms with van der Waals surface area (Å²) >= 11 is 0. The third-order valence-corrected chi connectivity index (χ3v) is 21.5. The number of halogens is 2. The van der Waals surface area contributed by atoms with Crippen LogP contribution in [0, 0.1) is 42.9 Å². The van der Waals surface area contributed by atoms with Crippen LogP contribution in [-0.2, 0) is 145 Å². The number of Topliss-reactive ketones (excluding diaryl/α,β-unsaturated/α-hetero) is 1. The molecule has 16 nitrogen and oxygen atoms in total. The van der Waals surface area contributed by atoms with Gasteiger partial charge in [0.25, 0.3) is 0 Å². The van der Waals surface area contributed by atoms with Gasteiger partial charge in [0.05, 0.1) is 6.07 Å². The Hall–Kier alpha value is -2.90. The van der Waals surface area contributed by atoms with E-state index in [9.17, 15) is 65.4 Å². The summed E-state index contributed by atoms with van der Waals surface area (Å²) in [5.41, 5.74) is 24.0. The maximum Gasteiger partial charge on any atom is 0.132 e. The largest absolute Gasteiger partial charge is 0.677 e. The van der Waals surface area contributed by atoms with E-state index in [0.717, 1.165) is 200 Å². The number of nitrogens with two attached hydrogens (primary N) is 1. The first-order valence-corrected chi connectivity index (χ1v) is 36.2. The molecule has 0 amide bonds.